The average Bonchev–Trinajstić information content (AvgIpc) is 2.83. The van der Waals surface area contributed by atoms with Crippen LogP contribution in [0.4, 0.5) is 0 Å². The minimum atomic E-state index is -0.294. The number of carbonyl (C=O) groups is 2. The van der Waals surface area contributed by atoms with Gasteiger partial charge in [0.05, 0.1) is 12.7 Å². The second-order valence-corrected chi connectivity index (χ2v) is 9.29. The minimum absolute atomic E-state index is 0.0490. The molecule has 0 saturated carbocycles. The highest BCUT2D eigenvalue weighted by Gasteiger charge is 2.29. The van der Waals surface area contributed by atoms with E-state index in [2.05, 4.69) is 13.8 Å². The maximum Gasteiger partial charge on any atom is 0.196 e. The SMILES string of the molecule is CCCCCCC(C=O)(CCCC)CSc1ccc(OC)c(C(=O)c2ccccc2)c1. The highest BCUT2D eigenvalue weighted by Crippen LogP contribution is 2.37. The maximum atomic E-state index is 13.0. The molecule has 0 spiro atoms. The van der Waals surface area contributed by atoms with Gasteiger partial charge in [0.15, 0.2) is 5.78 Å². The average molecular weight is 441 g/mol. The third kappa shape index (κ3) is 7.53. The molecule has 0 aliphatic heterocycles. The first-order valence-electron chi connectivity index (χ1n) is 11.5. The molecule has 0 bridgehead atoms. The summed E-state index contributed by atoms with van der Waals surface area (Å²) in [5.41, 5.74) is 0.911. The lowest BCUT2D eigenvalue weighted by atomic mass is 9.81. The molecule has 0 fully saturated rings. The topological polar surface area (TPSA) is 43.4 Å². The highest BCUT2D eigenvalue weighted by molar-refractivity contribution is 7.99. The van der Waals surface area contributed by atoms with Gasteiger partial charge >= 0.3 is 0 Å². The first-order valence-corrected chi connectivity index (χ1v) is 12.4. The van der Waals surface area contributed by atoms with Gasteiger partial charge in [-0.3, -0.25) is 4.79 Å². The Hall–Kier alpha value is -2.07. The fraction of sp³-hybridized carbons (Fsp3) is 0.481. The van der Waals surface area contributed by atoms with Crippen molar-refractivity contribution in [1.82, 2.24) is 0 Å². The van der Waals surface area contributed by atoms with E-state index in [1.165, 1.54) is 25.5 Å². The Labute approximate surface area is 192 Å². The standard InChI is InChI=1S/C27H36O3S/c1-4-6-8-12-18-27(20-28,17-7-5-2)21-31-23-15-16-25(30-3)24(19-23)26(29)22-13-10-9-11-14-22/h9-11,13-16,19-20H,4-8,12,17-18,21H2,1-3H3. The van der Waals surface area contributed by atoms with Crippen LogP contribution in [0.5, 0.6) is 5.75 Å². The van der Waals surface area contributed by atoms with Crippen LogP contribution >= 0.6 is 11.8 Å². The van der Waals surface area contributed by atoms with Gasteiger partial charge in [0, 0.05) is 21.6 Å². The molecular weight excluding hydrogens is 404 g/mol. The smallest absolute Gasteiger partial charge is 0.196 e. The summed E-state index contributed by atoms with van der Waals surface area (Å²) in [4.78, 5) is 26.2. The number of benzene rings is 2. The number of aldehydes is 1. The largest absolute Gasteiger partial charge is 0.496 e. The van der Waals surface area contributed by atoms with E-state index >= 15 is 0 Å². The Balaban J connectivity index is 2.19. The number of thioether (sulfide) groups is 1. The fourth-order valence-corrected chi connectivity index (χ4v) is 4.96. The van der Waals surface area contributed by atoms with Crippen LogP contribution in [0, 0.1) is 5.41 Å². The van der Waals surface area contributed by atoms with Crippen LogP contribution in [0.1, 0.15) is 81.1 Å². The monoisotopic (exact) mass is 440 g/mol. The van der Waals surface area contributed by atoms with Crippen molar-refractivity contribution in [2.75, 3.05) is 12.9 Å². The molecule has 4 heteroatoms. The van der Waals surface area contributed by atoms with Crippen LogP contribution in [0.25, 0.3) is 0 Å². The molecule has 3 nitrogen and oxygen atoms in total. The van der Waals surface area contributed by atoms with E-state index in [-0.39, 0.29) is 11.2 Å². The van der Waals surface area contributed by atoms with Crippen LogP contribution in [-0.2, 0) is 4.79 Å². The van der Waals surface area contributed by atoms with Gasteiger partial charge in [-0.1, -0.05) is 82.7 Å². The van der Waals surface area contributed by atoms with Crippen molar-refractivity contribution >= 4 is 23.8 Å². The molecule has 0 aromatic heterocycles. The van der Waals surface area contributed by atoms with Crippen molar-refractivity contribution in [2.45, 2.75) is 70.1 Å². The number of methoxy groups -OCH3 is 1. The highest BCUT2D eigenvalue weighted by atomic mass is 32.2. The van der Waals surface area contributed by atoms with E-state index in [1.54, 1.807) is 18.9 Å². The van der Waals surface area contributed by atoms with E-state index in [0.29, 0.717) is 16.9 Å². The van der Waals surface area contributed by atoms with E-state index in [4.69, 9.17) is 4.74 Å². The summed E-state index contributed by atoms with van der Waals surface area (Å²) in [5, 5.41) is 0. The molecule has 2 rings (SSSR count). The molecule has 1 unspecified atom stereocenters. The summed E-state index contributed by atoms with van der Waals surface area (Å²) in [7, 11) is 1.59. The molecular formula is C27H36O3S. The fourth-order valence-electron chi connectivity index (χ4n) is 3.78. The lowest BCUT2D eigenvalue weighted by Gasteiger charge is -2.28. The Bertz CT molecular complexity index is 818. The molecule has 0 aliphatic rings. The zero-order valence-corrected chi connectivity index (χ0v) is 20.0. The molecule has 1 atom stereocenters. The summed E-state index contributed by atoms with van der Waals surface area (Å²) in [5.74, 6) is 1.27. The third-order valence-corrected chi connectivity index (χ3v) is 7.09. The van der Waals surface area contributed by atoms with Crippen molar-refractivity contribution in [3.8, 4) is 5.75 Å². The Morgan fingerprint density at radius 1 is 0.968 bits per heavy atom. The lowest BCUT2D eigenvalue weighted by molar-refractivity contribution is -0.116. The number of rotatable bonds is 15. The summed E-state index contributed by atoms with van der Waals surface area (Å²) < 4.78 is 5.45. The molecule has 168 valence electrons. The summed E-state index contributed by atoms with van der Waals surface area (Å²) >= 11 is 1.67. The van der Waals surface area contributed by atoms with Gasteiger partial charge in [-0.2, -0.15) is 0 Å². The molecule has 2 aromatic rings. The maximum absolute atomic E-state index is 13.0. The van der Waals surface area contributed by atoms with E-state index in [1.807, 2.05) is 48.5 Å². The van der Waals surface area contributed by atoms with Crippen LogP contribution in [0.15, 0.2) is 53.4 Å². The van der Waals surface area contributed by atoms with Crippen molar-refractivity contribution in [1.29, 1.82) is 0 Å². The van der Waals surface area contributed by atoms with Gasteiger partial charge in [-0.15, -0.1) is 11.8 Å². The Kier molecular flexibility index (Phi) is 10.9. The van der Waals surface area contributed by atoms with Crippen molar-refractivity contribution in [2.24, 2.45) is 5.41 Å². The molecule has 2 aromatic carbocycles. The quantitative estimate of drug-likeness (QED) is 0.126. The summed E-state index contributed by atoms with van der Waals surface area (Å²) in [6, 6.07) is 15.0. The van der Waals surface area contributed by atoms with Gasteiger partial charge in [0.2, 0.25) is 0 Å². The first kappa shape index (κ1) is 25.2. The van der Waals surface area contributed by atoms with E-state index in [9.17, 15) is 9.59 Å². The molecule has 0 amide bonds. The minimum Gasteiger partial charge on any atom is -0.496 e. The number of hydrogen-bond donors (Lipinski definition) is 0. The third-order valence-electron chi connectivity index (χ3n) is 5.78. The van der Waals surface area contributed by atoms with E-state index in [0.717, 1.165) is 42.8 Å². The number of ketones is 1. The summed E-state index contributed by atoms with van der Waals surface area (Å²) in [6.45, 7) is 4.38. The molecule has 0 aliphatic carbocycles. The van der Waals surface area contributed by atoms with Crippen LogP contribution in [0.2, 0.25) is 0 Å². The molecule has 0 N–H and O–H groups in total. The summed E-state index contributed by atoms with van der Waals surface area (Å²) in [6.07, 6.45) is 9.91. The zero-order valence-electron chi connectivity index (χ0n) is 19.2. The van der Waals surface area contributed by atoms with Crippen LogP contribution < -0.4 is 4.74 Å². The van der Waals surface area contributed by atoms with Crippen LogP contribution in [-0.4, -0.2) is 24.9 Å². The number of ether oxygens (including phenoxy) is 1. The van der Waals surface area contributed by atoms with Crippen molar-refractivity contribution in [3.05, 3.63) is 59.7 Å². The Morgan fingerprint density at radius 2 is 1.68 bits per heavy atom. The predicted molar refractivity (Wildman–Crippen MR) is 130 cm³/mol. The van der Waals surface area contributed by atoms with Gasteiger partial charge in [0.25, 0.3) is 0 Å². The molecule has 0 heterocycles. The van der Waals surface area contributed by atoms with Gasteiger partial charge in [-0.25, -0.2) is 0 Å². The van der Waals surface area contributed by atoms with Crippen LogP contribution in [0.3, 0.4) is 0 Å². The molecule has 31 heavy (non-hydrogen) atoms. The second-order valence-electron chi connectivity index (χ2n) is 8.24. The lowest BCUT2D eigenvalue weighted by Crippen LogP contribution is -2.26. The van der Waals surface area contributed by atoms with Gasteiger partial charge in [0.1, 0.15) is 12.0 Å². The number of hydrogen-bond acceptors (Lipinski definition) is 4. The Morgan fingerprint density at radius 3 is 2.32 bits per heavy atom. The van der Waals surface area contributed by atoms with Crippen molar-refractivity contribution < 1.29 is 14.3 Å². The zero-order chi connectivity index (χ0) is 22.5. The molecule has 0 saturated heterocycles. The first-order chi connectivity index (χ1) is 15.1. The van der Waals surface area contributed by atoms with Gasteiger partial charge in [-0.05, 0) is 31.0 Å². The normalized spacial score (nSPS) is 12.9. The van der Waals surface area contributed by atoms with E-state index < -0.39 is 0 Å². The number of carbonyl (C=O) groups excluding carboxylic acids is 2. The predicted octanol–water partition coefficient (Wildman–Crippen LogP) is 7.36. The second kappa shape index (κ2) is 13.4. The van der Waals surface area contributed by atoms with Gasteiger partial charge < -0.3 is 9.53 Å². The van der Waals surface area contributed by atoms with Crippen molar-refractivity contribution in [3.63, 3.8) is 0 Å². The molecule has 0 radical (unpaired) electrons. The number of unbranched alkanes of at least 4 members (excludes halogenated alkanes) is 4.